The summed E-state index contributed by atoms with van der Waals surface area (Å²) in [5.41, 5.74) is 2.16. The maximum atomic E-state index is 14.1. The van der Waals surface area contributed by atoms with Crippen molar-refractivity contribution in [3.05, 3.63) is 35.5 Å². The number of alkyl halides is 3. The molecule has 2 N–H and O–H groups in total. The molecule has 2 saturated carbocycles. The summed E-state index contributed by atoms with van der Waals surface area (Å²) in [6.45, 7) is 8.28. The molecular weight excluding hydrogens is 605 g/mol. The third-order valence-electron chi connectivity index (χ3n) is 11.1. The Bertz CT molecular complexity index is 1410. The van der Waals surface area contributed by atoms with Crippen molar-refractivity contribution in [3.8, 4) is 0 Å². The number of piperidine rings is 1. The van der Waals surface area contributed by atoms with Crippen LogP contribution in [0, 0.1) is 5.41 Å². The predicted molar refractivity (Wildman–Crippen MR) is 178 cm³/mol. The summed E-state index contributed by atoms with van der Waals surface area (Å²) in [7, 11) is 2.20. The molecule has 0 unspecified atom stereocenters. The average Bonchev–Trinajstić information content (AvgIpc) is 3.99. The van der Waals surface area contributed by atoms with Crippen LogP contribution in [0.5, 0.6) is 0 Å². The lowest BCUT2D eigenvalue weighted by Crippen LogP contribution is -2.52. The van der Waals surface area contributed by atoms with Gasteiger partial charge in [0.05, 0.1) is 0 Å². The van der Waals surface area contributed by atoms with E-state index in [2.05, 4.69) is 54.5 Å². The zero-order valence-corrected chi connectivity index (χ0v) is 27.6. The van der Waals surface area contributed by atoms with Crippen LogP contribution in [0.3, 0.4) is 0 Å². The van der Waals surface area contributed by atoms with Crippen molar-refractivity contribution in [2.75, 3.05) is 81.5 Å². The number of amides is 1. The van der Waals surface area contributed by atoms with Crippen molar-refractivity contribution in [2.45, 2.75) is 82.3 Å². The van der Waals surface area contributed by atoms with E-state index in [0.29, 0.717) is 31.5 Å². The first-order valence-electron chi connectivity index (χ1n) is 17.7. The van der Waals surface area contributed by atoms with E-state index in [0.717, 1.165) is 115 Å². The van der Waals surface area contributed by atoms with E-state index in [4.69, 9.17) is 0 Å². The second-order valence-corrected chi connectivity index (χ2v) is 14.7. The van der Waals surface area contributed by atoms with E-state index in [1.807, 2.05) is 11.0 Å². The molecule has 47 heavy (non-hydrogen) atoms. The van der Waals surface area contributed by atoms with Crippen LogP contribution in [0.1, 0.15) is 81.3 Å². The smallest absolute Gasteiger partial charge is 0.371 e. The molecule has 5 fully saturated rings. The summed E-state index contributed by atoms with van der Waals surface area (Å²) < 4.78 is 42.2. The summed E-state index contributed by atoms with van der Waals surface area (Å²) in [4.78, 5) is 30.5. The lowest BCUT2D eigenvalue weighted by molar-refractivity contribution is -0.137. The highest BCUT2D eigenvalue weighted by Gasteiger charge is 2.45. The van der Waals surface area contributed by atoms with E-state index < -0.39 is 11.7 Å². The molecule has 2 aromatic rings. The zero-order chi connectivity index (χ0) is 32.6. The molecule has 0 atom stereocenters. The summed E-state index contributed by atoms with van der Waals surface area (Å²) in [6, 6.07) is 7.07. The molecule has 0 spiro atoms. The fraction of sp³-hybridized carbons (Fsp3) is 0.686. The number of rotatable bonds is 10. The van der Waals surface area contributed by atoms with E-state index in [9.17, 15) is 18.0 Å². The number of carbonyl (C=O) groups is 1. The summed E-state index contributed by atoms with van der Waals surface area (Å²) in [5, 5.41) is 6.31. The molecule has 1 aromatic heterocycles. The van der Waals surface area contributed by atoms with Crippen molar-refractivity contribution in [2.24, 2.45) is 5.41 Å². The standard InChI is InChI=1S/C35H49F3N8O/c1-43-17-19-45(20-18-43)26-10-15-44(16-11-26)27-8-9-30(28(21-27)25-6-7-25)41-33-39-22-29(35(36,37)38)32(42-33)40-23-34(12-13-34)24-46-14-4-2-3-5-31(46)47/h8-9,21-22,25-26H,2-7,10-20,23-24H2,1H3,(H2,39,40,41,42). The maximum absolute atomic E-state index is 14.1. The van der Waals surface area contributed by atoms with E-state index in [1.54, 1.807) is 0 Å². The molecular formula is C35H49F3N8O. The molecule has 2 aliphatic carbocycles. The maximum Gasteiger partial charge on any atom is 0.421 e. The lowest BCUT2D eigenvalue weighted by atomic mass is 10.0. The number of aromatic nitrogens is 2. The van der Waals surface area contributed by atoms with Gasteiger partial charge in [0, 0.05) is 94.4 Å². The van der Waals surface area contributed by atoms with Crippen LogP contribution >= 0.6 is 0 Å². The number of nitrogens with zero attached hydrogens (tertiary/aromatic N) is 6. The van der Waals surface area contributed by atoms with E-state index >= 15 is 0 Å². The van der Waals surface area contributed by atoms with Gasteiger partial charge in [0.15, 0.2) is 0 Å². The Hall–Kier alpha value is -3.12. The van der Waals surface area contributed by atoms with Crippen molar-refractivity contribution in [1.82, 2.24) is 24.7 Å². The third-order valence-corrected chi connectivity index (χ3v) is 11.1. The second kappa shape index (κ2) is 13.4. The monoisotopic (exact) mass is 654 g/mol. The molecule has 5 aliphatic rings. The van der Waals surface area contributed by atoms with Gasteiger partial charge >= 0.3 is 6.18 Å². The first kappa shape index (κ1) is 32.4. The first-order valence-corrected chi connectivity index (χ1v) is 17.7. The third kappa shape index (κ3) is 7.80. The molecule has 7 rings (SSSR count). The van der Waals surface area contributed by atoms with Crippen molar-refractivity contribution in [3.63, 3.8) is 0 Å². The highest BCUT2D eigenvalue weighted by Crippen LogP contribution is 2.48. The fourth-order valence-electron chi connectivity index (χ4n) is 7.62. The molecule has 3 aliphatic heterocycles. The molecule has 4 heterocycles. The Morgan fingerprint density at radius 2 is 1.72 bits per heavy atom. The van der Waals surface area contributed by atoms with Gasteiger partial charge in [-0.3, -0.25) is 9.69 Å². The van der Waals surface area contributed by atoms with Gasteiger partial charge in [-0.1, -0.05) is 6.42 Å². The topological polar surface area (TPSA) is 79.9 Å². The van der Waals surface area contributed by atoms with Crippen molar-refractivity contribution in [1.29, 1.82) is 0 Å². The highest BCUT2D eigenvalue weighted by molar-refractivity contribution is 5.76. The van der Waals surface area contributed by atoms with Crippen LogP contribution in [-0.4, -0.2) is 103 Å². The van der Waals surface area contributed by atoms with Gasteiger partial charge in [-0.25, -0.2) is 4.98 Å². The van der Waals surface area contributed by atoms with Crippen molar-refractivity contribution < 1.29 is 18.0 Å². The van der Waals surface area contributed by atoms with Crippen LogP contribution in [0.25, 0.3) is 0 Å². The van der Waals surface area contributed by atoms with Crippen LogP contribution < -0.4 is 15.5 Å². The number of likely N-dealkylation sites (tertiary alicyclic amines) is 1. The summed E-state index contributed by atoms with van der Waals surface area (Å²) in [5.74, 6) is 0.529. The normalized spacial score (nSPS) is 23.1. The van der Waals surface area contributed by atoms with Gasteiger partial charge in [0.1, 0.15) is 11.4 Å². The number of carbonyl (C=O) groups excluding carboxylic acids is 1. The van der Waals surface area contributed by atoms with Gasteiger partial charge in [-0.15, -0.1) is 0 Å². The van der Waals surface area contributed by atoms with Crippen LogP contribution in [0.15, 0.2) is 24.4 Å². The Kier molecular flexibility index (Phi) is 9.25. The largest absolute Gasteiger partial charge is 0.421 e. The molecule has 1 aromatic carbocycles. The number of benzene rings is 1. The Morgan fingerprint density at radius 1 is 0.957 bits per heavy atom. The minimum Gasteiger partial charge on any atom is -0.371 e. The minimum absolute atomic E-state index is 0.149. The zero-order valence-electron chi connectivity index (χ0n) is 27.6. The Balaban J connectivity index is 1.03. The van der Waals surface area contributed by atoms with Gasteiger partial charge in [0.25, 0.3) is 0 Å². The number of hydrogen-bond donors (Lipinski definition) is 2. The number of piperazine rings is 1. The number of hydrogen-bond acceptors (Lipinski definition) is 8. The average molecular weight is 655 g/mol. The number of likely N-dealkylation sites (N-methyl/N-ethyl adjacent to an activating group) is 1. The van der Waals surface area contributed by atoms with E-state index in [1.165, 1.54) is 11.3 Å². The van der Waals surface area contributed by atoms with Gasteiger partial charge in [-0.05, 0) is 88.1 Å². The first-order chi connectivity index (χ1) is 22.7. The van der Waals surface area contributed by atoms with Crippen LogP contribution in [-0.2, 0) is 11.0 Å². The number of halogens is 3. The van der Waals surface area contributed by atoms with Gasteiger partial charge in [0.2, 0.25) is 11.9 Å². The van der Waals surface area contributed by atoms with E-state index in [-0.39, 0.29) is 23.1 Å². The molecule has 12 heteroatoms. The summed E-state index contributed by atoms with van der Waals surface area (Å²) >= 11 is 0. The SMILES string of the molecule is CN1CCN(C2CCN(c3ccc(Nc4ncc(C(F)(F)F)c(NCC5(CN6CCCCCC6=O)CC5)n4)c(C4CC4)c3)CC2)CC1. The predicted octanol–water partition coefficient (Wildman–Crippen LogP) is 5.93. The molecule has 9 nitrogen and oxygen atoms in total. The molecule has 3 saturated heterocycles. The number of nitrogens with one attached hydrogen (secondary N) is 2. The van der Waals surface area contributed by atoms with Crippen molar-refractivity contribution >= 4 is 29.0 Å². The minimum atomic E-state index is -4.59. The number of anilines is 4. The molecule has 1 amide bonds. The molecule has 0 bridgehead atoms. The fourth-order valence-corrected chi connectivity index (χ4v) is 7.62. The molecule has 0 radical (unpaired) electrons. The lowest BCUT2D eigenvalue weighted by Gasteiger charge is -2.42. The summed E-state index contributed by atoms with van der Waals surface area (Å²) in [6.07, 6.45) is 6.07. The Morgan fingerprint density at radius 3 is 2.43 bits per heavy atom. The second-order valence-electron chi connectivity index (χ2n) is 14.7. The van der Waals surface area contributed by atoms with Crippen LogP contribution in [0.2, 0.25) is 0 Å². The highest BCUT2D eigenvalue weighted by atomic mass is 19.4. The Labute approximate surface area is 276 Å². The molecule has 256 valence electrons. The van der Waals surface area contributed by atoms with Gasteiger partial charge < -0.3 is 25.3 Å². The van der Waals surface area contributed by atoms with Crippen LogP contribution in [0.4, 0.5) is 36.3 Å². The quantitative estimate of drug-likeness (QED) is 0.327. The van der Waals surface area contributed by atoms with Gasteiger partial charge in [-0.2, -0.15) is 18.2 Å².